The first-order valence-electron chi connectivity index (χ1n) is 22.7. The van der Waals surface area contributed by atoms with Gasteiger partial charge in [0.1, 0.15) is 6.10 Å². The Balaban J connectivity index is 4.76. The van der Waals surface area contributed by atoms with E-state index in [1.807, 2.05) is 54.7 Å². The third-order valence-electron chi connectivity index (χ3n) is 9.90. The van der Waals surface area contributed by atoms with Crippen molar-refractivity contribution < 1.29 is 24.5 Å². The molecule has 6 nitrogen and oxygen atoms in total. The van der Waals surface area contributed by atoms with E-state index in [2.05, 4.69) is 44.3 Å². The van der Waals surface area contributed by atoms with Crippen LogP contribution >= 0.6 is 0 Å². The molecule has 0 spiro atoms. The summed E-state index contributed by atoms with van der Waals surface area (Å²) in [6.07, 6.45) is 52.5. The van der Waals surface area contributed by atoms with Crippen LogP contribution in [0.25, 0.3) is 0 Å². The van der Waals surface area contributed by atoms with Crippen molar-refractivity contribution in [2.24, 2.45) is 0 Å². The summed E-state index contributed by atoms with van der Waals surface area (Å²) >= 11 is 0. The molecule has 0 radical (unpaired) electrons. The minimum Gasteiger partial charge on any atom is -0.462 e. The highest BCUT2D eigenvalue weighted by atomic mass is 16.5. The predicted octanol–water partition coefficient (Wildman–Crippen LogP) is 13.1. The number of hydrogen-bond acceptors (Lipinski definition) is 5. The lowest BCUT2D eigenvalue weighted by molar-refractivity contribution is -0.151. The summed E-state index contributed by atoms with van der Waals surface area (Å²) in [4.78, 5) is 25.9. The highest BCUT2D eigenvalue weighted by Gasteiger charge is 2.24. The zero-order valence-electron chi connectivity index (χ0n) is 35.8. The summed E-state index contributed by atoms with van der Waals surface area (Å²) in [6, 6.07) is -0.719. The Labute approximate surface area is 339 Å². The standard InChI is InChI=1S/C49H85NO5/c1-4-7-10-13-16-19-22-24-26-28-31-34-37-40-45(55-49(54)42-39-36-33-30-27-25-23-20-17-14-11-8-5-2)43-48(53)50-46(44-51)47(52)41-38-35-32-29-21-18-15-12-9-6-3/h8,11,14,17,19-20,22-23,25,27,30,33,45-47,51-52H,4-7,9-10,12-13,15-16,18,21,24,26,28-29,31-32,34-44H2,1-3H3,(H,50,53)/b11-8+,17-14+,22-19-,23-20-,27-25-,33-30+. The molecule has 0 aliphatic carbocycles. The highest BCUT2D eigenvalue weighted by molar-refractivity contribution is 5.77. The molecule has 0 rings (SSSR count). The average molecular weight is 768 g/mol. The second-order valence-electron chi connectivity index (χ2n) is 15.2. The van der Waals surface area contributed by atoms with E-state index in [-0.39, 0.29) is 24.9 Å². The van der Waals surface area contributed by atoms with Crippen LogP contribution in [-0.4, -0.2) is 46.9 Å². The van der Waals surface area contributed by atoms with Crippen LogP contribution in [0.15, 0.2) is 72.9 Å². The summed E-state index contributed by atoms with van der Waals surface area (Å²) < 4.78 is 5.86. The number of allylic oxidation sites excluding steroid dienone is 12. The number of aliphatic hydroxyl groups excluding tert-OH is 2. The number of carbonyl (C=O) groups is 2. The lowest BCUT2D eigenvalue weighted by Gasteiger charge is -2.24. The molecule has 0 aromatic heterocycles. The minimum atomic E-state index is -0.802. The smallest absolute Gasteiger partial charge is 0.306 e. The van der Waals surface area contributed by atoms with Crippen molar-refractivity contribution in [3.05, 3.63) is 72.9 Å². The fraction of sp³-hybridized carbons (Fsp3) is 0.714. The first-order valence-corrected chi connectivity index (χ1v) is 22.7. The van der Waals surface area contributed by atoms with Gasteiger partial charge in [0.25, 0.3) is 0 Å². The molecule has 3 unspecified atom stereocenters. The van der Waals surface area contributed by atoms with Crippen molar-refractivity contribution >= 4 is 11.9 Å². The number of aliphatic hydroxyl groups is 2. The molecule has 3 N–H and O–H groups in total. The largest absolute Gasteiger partial charge is 0.462 e. The van der Waals surface area contributed by atoms with E-state index in [9.17, 15) is 19.8 Å². The molecular weight excluding hydrogens is 683 g/mol. The molecule has 0 aromatic carbocycles. The zero-order chi connectivity index (χ0) is 40.3. The Hall–Kier alpha value is -2.70. The quantitative estimate of drug-likeness (QED) is 0.0250. The maximum Gasteiger partial charge on any atom is 0.306 e. The SMILES string of the molecule is CC/C=C/C=C/C=C\C=C/C=C/CCCC(=O)OC(CCCCCCC/C=C\CCCCCC)CC(=O)NC(CO)C(O)CCCCCCCCCCCC. The van der Waals surface area contributed by atoms with E-state index < -0.39 is 18.2 Å². The van der Waals surface area contributed by atoms with E-state index in [1.165, 1.54) is 89.9 Å². The monoisotopic (exact) mass is 768 g/mol. The van der Waals surface area contributed by atoms with Crippen LogP contribution in [0.5, 0.6) is 0 Å². The number of carbonyl (C=O) groups excluding carboxylic acids is 2. The predicted molar refractivity (Wildman–Crippen MR) is 236 cm³/mol. The third kappa shape index (κ3) is 38.0. The van der Waals surface area contributed by atoms with Crippen molar-refractivity contribution in [3.63, 3.8) is 0 Å². The van der Waals surface area contributed by atoms with Crippen molar-refractivity contribution in [2.75, 3.05) is 6.61 Å². The van der Waals surface area contributed by atoms with Gasteiger partial charge >= 0.3 is 5.97 Å². The van der Waals surface area contributed by atoms with Gasteiger partial charge in [-0.25, -0.2) is 0 Å². The molecule has 1 amide bonds. The van der Waals surface area contributed by atoms with Gasteiger partial charge in [-0.15, -0.1) is 0 Å². The van der Waals surface area contributed by atoms with Crippen LogP contribution in [0.1, 0.15) is 201 Å². The van der Waals surface area contributed by atoms with E-state index in [0.29, 0.717) is 25.7 Å². The molecule has 0 aliphatic heterocycles. The fourth-order valence-electron chi connectivity index (χ4n) is 6.45. The zero-order valence-corrected chi connectivity index (χ0v) is 35.8. The van der Waals surface area contributed by atoms with E-state index in [1.54, 1.807) is 0 Å². The molecule has 0 heterocycles. The molecule has 0 bridgehead atoms. The normalized spacial score (nSPS) is 14.1. The van der Waals surface area contributed by atoms with Crippen molar-refractivity contribution in [2.45, 2.75) is 219 Å². The summed E-state index contributed by atoms with van der Waals surface area (Å²) in [6.45, 7) is 6.27. The number of unbranched alkanes of at least 4 members (excludes halogenated alkanes) is 19. The number of nitrogens with one attached hydrogen (secondary N) is 1. The van der Waals surface area contributed by atoms with E-state index in [4.69, 9.17) is 4.74 Å². The summed E-state index contributed by atoms with van der Waals surface area (Å²) in [5.41, 5.74) is 0. The van der Waals surface area contributed by atoms with Crippen LogP contribution in [-0.2, 0) is 14.3 Å². The Morgan fingerprint density at radius 2 is 1.00 bits per heavy atom. The molecule has 0 aliphatic rings. The van der Waals surface area contributed by atoms with Gasteiger partial charge < -0.3 is 20.3 Å². The Kier molecular flexibility index (Phi) is 40.4. The molecule has 0 aromatic rings. The van der Waals surface area contributed by atoms with Gasteiger partial charge in [-0.2, -0.15) is 0 Å². The molecule has 6 heteroatoms. The maximum atomic E-state index is 13.1. The van der Waals surface area contributed by atoms with E-state index >= 15 is 0 Å². The molecular formula is C49H85NO5. The van der Waals surface area contributed by atoms with Crippen LogP contribution in [0.4, 0.5) is 0 Å². The van der Waals surface area contributed by atoms with Crippen molar-refractivity contribution in [3.8, 4) is 0 Å². The number of rotatable bonds is 39. The number of ether oxygens (including phenoxy) is 1. The average Bonchev–Trinajstić information content (AvgIpc) is 3.18. The maximum absolute atomic E-state index is 13.1. The van der Waals surface area contributed by atoms with Crippen LogP contribution in [0.2, 0.25) is 0 Å². The number of amides is 1. The molecule has 0 saturated heterocycles. The highest BCUT2D eigenvalue weighted by Crippen LogP contribution is 2.17. The van der Waals surface area contributed by atoms with Gasteiger partial charge in [0.05, 0.1) is 25.2 Å². The number of hydrogen-bond donors (Lipinski definition) is 3. The van der Waals surface area contributed by atoms with Gasteiger partial charge in [0.2, 0.25) is 5.91 Å². The molecule has 0 saturated carbocycles. The Bertz CT molecular complexity index is 1040. The molecule has 316 valence electrons. The van der Waals surface area contributed by atoms with Gasteiger partial charge in [-0.3, -0.25) is 9.59 Å². The molecule has 3 atom stereocenters. The summed E-state index contributed by atoms with van der Waals surface area (Å²) in [7, 11) is 0. The van der Waals surface area contributed by atoms with Gasteiger partial charge in [-0.05, 0) is 64.2 Å². The van der Waals surface area contributed by atoms with Crippen LogP contribution < -0.4 is 5.32 Å². The fourth-order valence-corrected chi connectivity index (χ4v) is 6.45. The van der Waals surface area contributed by atoms with Gasteiger partial charge in [0.15, 0.2) is 0 Å². The topological polar surface area (TPSA) is 95.9 Å². The third-order valence-corrected chi connectivity index (χ3v) is 9.90. The van der Waals surface area contributed by atoms with Gasteiger partial charge in [0, 0.05) is 6.42 Å². The minimum absolute atomic E-state index is 0.0402. The molecule has 0 fully saturated rings. The Morgan fingerprint density at radius 3 is 1.55 bits per heavy atom. The first-order chi connectivity index (χ1) is 27.0. The second kappa shape index (κ2) is 42.4. The lowest BCUT2D eigenvalue weighted by Crippen LogP contribution is -2.46. The van der Waals surface area contributed by atoms with Crippen LogP contribution in [0.3, 0.4) is 0 Å². The van der Waals surface area contributed by atoms with Gasteiger partial charge in [-0.1, -0.05) is 196 Å². The summed E-state index contributed by atoms with van der Waals surface area (Å²) in [5.74, 6) is -0.577. The van der Waals surface area contributed by atoms with Crippen molar-refractivity contribution in [1.82, 2.24) is 5.32 Å². The van der Waals surface area contributed by atoms with E-state index in [0.717, 1.165) is 57.8 Å². The molecule has 55 heavy (non-hydrogen) atoms. The summed E-state index contributed by atoms with van der Waals surface area (Å²) in [5, 5.41) is 23.6. The lowest BCUT2D eigenvalue weighted by atomic mass is 10.0. The first kappa shape index (κ1) is 52.3. The Morgan fingerprint density at radius 1 is 0.545 bits per heavy atom. The second-order valence-corrected chi connectivity index (χ2v) is 15.2. The van der Waals surface area contributed by atoms with Crippen LogP contribution in [0, 0.1) is 0 Å². The van der Waals surface area contributed by atoms with Crippen molar-refractivity contribution in [1.29, 1.82) is 0 Å². The number of esters is 1.